The second-order valence-electron chi connectivity index (χ2n) is 2.15. The third-order valence-corrected chi connectivity index (χ3v) is 1.69. The van der Waals surface area contributed by atoms with E-state index < -0.39 is 10.4 Å². The fourth-order valence-electron chi connectivity index (χ4n) is 0.525. The second kappa shape index (κ2) is 4.71. The molecule has 0 aliphatic rings. The summed E-state index contributed by atoms with van der Waals surface area (Å²) in [5, 5.41) is 21.7. The molecule has 0 amide bonds. The lowest BCUT2D eigenvalue weighted by Crippen LogP contribution is -2.24. The van der Waals surface area contributed by atoms with Gasteiger partial charge in [0.05, 0.1) is 0 Å². The molecule has 0 saturated heterocycles. The Labute approximate surface area is 69.2 Å². The van der Waals surface area contributed by atoms with Crippen molar-refractivity contribution >= 4 is 16.9 Å². The molecule has 0 aliphatic heterocycles. The van der Waals surface area contributed by atoms with Crippen LogP contribution in [0, 0.1) is 0 Å². The number of carbonyl (C=O) groups is 1. The Bertz CT molecular complexity index is 129. The highest BCUT2D eigenvalue weighted by Crippen LogP contribution is 2.18. The van der Waals surface area contributed by atoms with E-state index in [1.165, 1.54) is 0 Å². The Balaban J connectivity index is 3.53. The molecule has 0 aromatic carbocycles. The van der Waals surface area contributed by atoms with Crippen molar-refractivity contribution in [2.24, 2.45) is 0 Å². The molecule has 5 heteroatoms. The minimum Gasteiger partial charge on any atom is -0.334 e. The predicted molar refractivity (Wildman–Crippen MR) is 41.5 cm³/mol. The zero-order valence-corrected chi connectivity index (χ0v) is 7.10. The van der Waals surface area contributed by atoms with Crippen LogP contribution in [0.1, 0.15) is 26.2 Å². The lowest BCUT2D eigenvalue weighted by atomic mass is 10.3. The molecule has 0 saturated carbocycles. The molecular formula is C6H12O4S. The first-order valence-corrected chi connectivity index (χ1v) is 4.16. The smallest absolute Gasteiger partial charge is 0.334 e. The Morgan fingerprint density at radius 1 is 1.45 bits per heavy atom. The summed E-state index contributed by atoms with van der Waals surface area (Å²) in [6.07, 6.45) is 1.81. The van der Waals surface area contributed by atoms with E-state index in [0.29, 0.717) is 6.42 Å². The summed E-state index contributed by atoms with van der Waals surface area (Å²) >= 11 is 0.124. The van der Waals surface area contributed by atoms with E-state index in [2.05, 4.69) is 0 Å². The molecule has 4 nitrogen and oxygen atoms in total. The average molecular weight is 180 g/mol. The summed E-state index contributed by atoms with van der Waals surface area (Å²) in [5.74, 6) is 0. The van der Waals surface area contributed by atoms with Crippen LogP contribution in [-0.4, -0.2) is 25.7 Å². The van der Waals surface area contributed by atoms with Gasteiger partial charge in [0, 0.05) is 18.2 Å². The van der Waals surface area contributed by atoms with Crippen molar-refractivity contribution in [2.75, 3.05) is 0 Å². The lowest BCUT2D eigenvalue weighted by Gasteiger charge is -2.10. The number of unbranched alkanes of at least 4 members (excludes halogenated alkanes) is 1. The van der Waals surface area contributed by atoms with E-state index in [1.54, 1.807) is 0 Å². The summed E-state index contributed by atoms with van der Waals surface area (Å²) in [5.41, 5.74) is 0. The van der Waals surface area contributed by atoms with Crippen molar-refractivity contribution in [3.05, 3.63) is 0 Å². The van der Waals surface area contributed by atoms with Crippen LogP contribution in [-0.2, 0) is 4.79 Å². The molecule has 0 aliphatic carbocycles. The van der Waals surface area contributed by atoms with E-state index in [0.717, 1.165) is 6.42 Å². The molecule has 66 valence electrons. The molecule has 0 atom stereocenters. The molecule has 0 aromatic rings. The highest BCUT2D eigenvalue weighted by atomic mass is 32.2. The van der Waals surface area contributed by atoms with Gasteiger partial charge < -0.3 is 15.3 Å². The molecule has 0 unspecified atom stereocenters. The lowest BCUT2D eigenvalue weighted by molar-refractivity contribution is -0.234. The fraction of sp³-hybridized carbons (Fsp3) is 0.833. The van der Waals surface area contributed by atoms with Crippen LogP contribution >= 0.6 is 11.8 Å². The van der Waals surface area contributed by atoms with Crippen LogP contribution < -0.4 is 0 Å². The van der Waals surface area contributed by atoms with Crippen molar-refractivity contribution in [3.63, 3.8) is 0 Å². The predicted octanol–water partition coefficient (Wildman–Crippen LogP) is 0.0246. The van der Waals surface area contributed by atoms with Gasteiger partial charge >= 0.3 is 5.31 Å². The monoisotopic (exact) mass is 180 g/mol. The highest BCUT2D eigenvalue weighted by molar-refractivity contribution is 8.14. The van der Waals surface area contributed by atoms with E-state index in [1.807, 2.05) is 6.92 Å². The van der Waals surface area contributed by atoms with E-state index in [9.17, 15) is 4.79 Å². The second-order valence-corrected chi connectivity index (χ2v) is 3.36. The first-order valence-electron chi connectivity index (χ1n) is 3.34. The van der Waals surface area contributed by atoms with Gasteiger partial charge in [-0.2, -0.15) is 0 Å². The number of rotatable bonds is 4. The van der Waals surface area contributed by atoms with Crippen molar-refractivity contribution < 1.29 is 20.1 Å². The Morgan fingerprint density at radius 2 is 2.00 bits per heavy atom. The standard InChI is InChI=1S/C6H12O4S/c1-2-3-4-5(7)11-6(8,9)10/h8-10H,2-4H2,1H3. The number of carbonyl (C=O) groups excluding carboxylic acids is 1. The van der Waals surface area contributed by atoms with Gasteiger partial charge in [-0.25, -0.2) is 0 Å². The molecule has 0 rings (SSSR count). The average Bonchev–Trinajstić information content (AvgIpc) is 1.79. The van der Waals surface area contributed by atoms with Gasteiger partial charge in [-0.15, -0.1) is 0 Å². The Kier molecular flexibility index (Phi) is 4.67. The molecule has 0 heterocycles. The van der Waals surface area contributed by atoms with E-state index in [-0.39, 0.29) is 18.2 Å². The van der Waals surface area contributed by atoms with Gasteiger partial charge in [-0.3, -0.25) is 4.79 Å². The van der Waals surface area contributed by atoms with Gasteiger partial charge in [0.1, 0.15) is 0 Å². The topological polar surface area (TPSA) is 77.8 Å². The fourth-order valence-corrected chi connectivity index (χ4v) is 1.08. The van der Waals surface area contributed by atoms with Crippen molar-refractivity contribution in [3.8, 4) is 0 Å². The molecule has 0 spiro atoms. The van der Waals surface area contributed by atoms with Crippen molar-refractivity contribution in [1.82, 2.24) is 0 Å². The quantitative estimate of drug-likeness (QED) is 0.532. The zero-order valence-electron chi connectivity index (χ0n) is 6.28. The van der Waals surface area contributed by atoms with Crippen LogP contribution in [0.4, 0.5) is 0 Å². The van der Waals surface area contributed by atoms with Gasteiger partial charge in [0.15, 0.2) is 5.12 Å². The first-order chi connectivity index (χ1) is 4.95. The van der Waals surface area contributed by atoms with E-state index in [4.69, 9.17) is 15.3 Å². The minimum atomic E-state index is -2.91. The normalized spacial score (nSPS) is 11.6. The molecular weight excluding hydrogens is 168 g/mol. The van der Waals surface area contributed by atoms with Crippen LogP contribution in [0.2, 0.25) is 0 Å². The maximum atomic E-state index is 10.7. The third kappa shape index (κ3) is 7.80. The van der Waals surface area contributed by atoms with Crippen LogP contribution in [0.15, 0.2) is 0 Å². The molecule has 0 aromatic heterocycles. The van der Waals surface area contributed by atoms with Crippen LogP contribution in [0.25, 0.3) is 0 Å². The molecule has 3 N–H and O–H groups in total. The van der Waals surface area contributed by atoms with Crippen LogP contribution in [0.3, 0.4) is 0 Å². The number of thioether (sulfide) groups is 1. The maximum absolute atomic E-state index is 10.7. The SMILES string of the molecule is CCCCC(=O)SC(O)(O)O. The summed E-state index contributed by atoms with van der Waals surface area (Å²) in [4.78, 5) is 10.7. The first kappa shape index (κ1) is 10.9. The summed E-state index contributed by atoms with van der Waals surface area (Å²) in [6, 6.07) is 0. The number of aliphatic hydroxyl groups is 3. The van der Waals surface area contributed by atoms with Gasteiger partial charge in [0.2, 0.25) is 0 Å². The number of hydrogen-bond donors (Lipinski definition) is 3. The van der Waals surface area contributed by atoms with Gasteiger partial charge in [-0.05, 0) is 6.42 Å². The Morgan fingerprint density at radius 3 is 2.36 bits per heavy atom. The zero-order chi connectivity index (χ0) is 8.91. The maximum Gasteiger partial charge on any atom is 0.337 e. The summed E-state index contributed by atoms with van der Waals surface area (Å²) in [7, 11) is 0. The van der Waals surface area contributed by atoms with Crippen LogP contribution in [0.5, 0.6) is 0 Å². The molecule has 0 bridgehead atoms. The largest absolute Gasteiger partial charge is 0.337 e. The number of hydrogen-bond acceptors (Lipinski definition) is 5. The summed E-state index contributed by atoms with van der Waals surface area (Å²) in [6.45, 7) is 1.92. The van der Waals surface area contributed by atoms with Gasteiger partial charge in [0.25, 0.3) is 0 Å². The third-order valence-electron chi connectivity index (χ3n) is 0.985. The molecule has 11 heavy (non-hydrogen) atoms. The van der Waals surface area contributed by atoms with Crippen molar-refractivity contribution in [2.45, 2.75) is 31.5 Å². The highest BCUT2D eigenvalue weighted by Gasteiger charge is 2.23. The minimum absolute atomic E-state index is 0.124. The molecule has 0 fully saturated rings. The van der Waals surface area contributed by atoms with Crippen molar-refractivity contribution in [1.29, 1.82) is 0 Å². The molecule has 0 radical (unpaired) electrons. The summed E-state index contributed by atoms with van der Waals surface area (Å²) < 4.78 is 0. The van der Waals surface area contributed by atoms with E-state index >= 15 is 0 Å². The Hall–Kier alpha value is -0.100. The van der Waals surface area contributed by atoms with Gasteiger partial charge in [-0.1, -0.05) is 13.3 Å².